The van der Waals surface area contributed by atoms with E-state index in [1.807, 2.05) is 25.3 Å². The summed E-state index contributed by atoms with van der Waals surface area (Å²) in [7, 11) is 0. The number of carbonyl (C=O) groups is 1. The number of Topliss-reactive ketones (excluding diaryl/α,β-unsaturated/α-hetero) is 1. The molecule has 8 heteroatoms. The summed E-state index contributed by atoms with van der Waals surface area (Å²) >= 11 is 0. The summed E-state index contributed by atoms with van der Waals surface area (Å²) in [5.41, 5.74) is 3.44. The number of aromatic nitrogens is 6. The van der Waals surface area contributed by atoms with Crippen LogP contribution in [0.2, 0.25) is 0 Å². The van der Waals surface area contributed by atoms with Crippen LogP contribution in [0.15, 0.2) is 42.9 Å². The van der Waals surface area contributed by atoms with E-state index in [9.17, 15) is 9.18 Å². The Labute approximate surface area is 148 Å². The Hall–Kier alpha value is -3.42. The summed E-state index contributed by atoms with van der Waals surface area (Å²) in [5, 5.41) is 8.24. The van der Waals surface area contributed by atoms with Gasteiger partial charge in [0.15, 0.2) is 5.78 Å². The molecule has 0 amide bonds. The second-order valence-electron chi connectivity index (χ2n) is 5.83. The highest BCUT2D eigenvalue weighted by molar-refractivity contribution is 5.94. The molecule has 0 bridgehead atoms. The van der Waals surface area contributed by atoms with Gasteiger partial charge >= 0.3 is 0 Å². The van der Waals surface area contributed by atoms with Crippen LogP contribution in [0.4, 0.5) is 4.39 Å². The first-order valence-electron chi connectivity index (χ1n) is 8.14. The lowest BCUT2D eigenvalue weighted by Crippen LogP contribution is -2.03. The van der Waals surface area contributed by atoms with Gasteiger partial charge < -0.3 is 4.40 Å². The normalized spacial score (nSPS) is 11.2. The van der Waals surface area contributed by atoms with E-state index in [4.69, 9.17) is 0 Å². The van der Waals surface area contributed by atoms with Gasteiger partial charge in [-0.2, -0.15) is 4.39 Å². The van der Waals surface area contributed by atoms with Gasteiger partial charge in [-0.3, -0.25) is 4.79 Å². The van der Waals surface area contributed by atoms with Gasteiger partial charge in [0.1, 0.15) is 22.7 Å². The Morgan fingerprint density at radius 2 is 2.08 bits per heavy atom. The topological polar surface area (TPSA) is 78.0 Å². The van der Waals surface area contributed by atoms with Gasteiger partial charge in [-0.15, -0.1) is 5.10 Å². The zero-order valence-electron chi connectivity index (χ0n) is 14.2. The predicted molar refractivity (Wildman–Crippen MR) is 92.7 cm³/mol. The van der Waals surface area contributed by atoms with Crippen LogP contribution in [0.1, 0.15) is 29.5 Å². The van der Waals surface area contributed by atoms with Crippen LogP contribution in [-0.4, -0.2) is 35.1 Å². The summed E-state index contributed by atoms with van der Waals surface area (Å²) in [6, 6.07) is 6.90. The summed E-state index contributed by atoms with van der Waals surface area (Å²) in [6.45, 7) is 3.61. The van der Waals surface area contributed by atoms with Gasteiger partial charge in [0.25, 0.3) is 0 Å². The molecule has 0 atom stereocenters. The van der Waals surface area contributed by atoms with Crippen molar-refractivity contribution >= 4 is 11.4 Å². The van der Waals surface area contributed by atoms with E-state index in [-0.39, 0.29) is 11.5 Å². The number of fused-ring (bicyclic) bond motifs is 1. The predicted octanol–water partition coefficient (Wildman–Crippen LogP) is 3.02. The van der Waals surface area contributed by atoms with Crippen LogP contribution in [0.3, 0.4) is 0 Å². The van der Waals surface area contributed by atoms with Crippen LogP contribution in [0.5, 0.6) is 0 Å². The van der Waals surface area contributed by atoms with E-state index in [0.29, 0.717) is 29.1 Å². The van der Waals surface area contributed by atoms with Crippen molar-refractivity contribution in [1.29, 1.82) is 0 Å². The lowest BCUT2D eigenvalue weighted by molar-refractivity contribution is 0.0984. The van der Waals surface area contributed by atoms with E-state index in [0.717, 1.165) is 5.56 Å². The highest BCUT2D eigenvalue weighted by Crippen LogP contribution is 2.24. The zero-order chi connectivity index (χ0) is 18.3. The second kappa shape index (κ2) is 6.14. The Kier molecular flexibility index (Phi) is 3.80. The van der Waals surface area contributed by atoms with Crippen molar-refractivity contribution in [2.45, 2.75) is 20.3 Å². The van der Waals surface area contributed by atoms with Crippen molar-refractivity contribution in [3.05, 3.63) is 60.2 Å². The van der Waals surface area contributed by atoms with Crippen molar-refractivity contribution < 1.29 is 9.18 Å². The van der Waals surface area contributed by atoms with Crippen LogP contribution in [0, 0.1) is 12.9 Å². The number of halogens is 1. The quantitative estimate of drug-likeness (QED) is 0.418. The van der Waals surface area contributed by atoms with Gasteiger partial charge in [0, 0.05) is 30.6 Å². The van der Waals surface area contributed by atoms with Crippen LogP contribution < -0.4 is 0 Å². The first-order chi connectivity index (χ1) is 12.6. The SMILES string of the molecule is CCC(=O)c1cn2cc(-c3nnn(-c4cccnc4F)c3C)ccc2n1. The Bertz CT molecular complexity index is 1130. The number of hydrogen-bond donors (Lipinski definition) is 0. The molecular formula is C18H15FN6O. The van der Waals surface area contributed by atoms with E-state index < -0.39 is 5.95 Å². The number of rotatable bonds is 4. The van der Waals surface area contributed by atoms with Crippen molar-refractivity contribution in [2.24, 2.45) is 0 Å². The molecule has 4 rings (SSSR count). The smallest absolute Gasteiger partial charge is 0.238 e. The second-order valence-corrected chi connectivity index (χ2v) is 5.83. The molecule has 4 aromatic heterocycles. The summed E-state index contributed by atoms with van der Waals surface area (Å²) in [6.07, 6.45) is 5.32. The Morgan fingerprint density at radius 1 is 1.23 bits per heavy atom. The van der Waals surface area contributed by atoms with Crippen molar-refractivity contribution in [3.63, 3.8) is 0 Å². The lowest BCUT2D eigenvalue weighted by atomic mass is 10.2. The van der Waals surface area contributed by atoms with Gasteiger partial charge in [0.05, 0.1) is 5.69 Å². The fourth-order valence-corrected chi connectivity index (χ4v) is 2.81. The van der Waals surface area contributed by atoms with E-state index >= 15 is 0 Å². The molecule has 4 heterocycles. The molecule has 26 heavy (non-hydrogen) atoms. The molecule has 0 aliphatic rings. The minimum absolute atomic E-state index is 0.00979. The standard InChI is InChI=1S/C18H15FN6O/c1-3-15(26)13-10-24-9-12(6-7-16(24)21-13)17-11(2)25(23-22-17)14-5-4-8-20-18(14)19/h4-10H,3H2,1-2H3. The number of nitrogens with zero attached hydrogens (tertiary/aromatic N) is 6. The fourth-order valence-electron chi connectivity index (χ4n) is 2.81. The molecule has 0 N–H and O–H groups in total. The maximum absolute atomic E-state index is 13.9. The molecule has 0 fully saturated rings. The molecular weight excluding hydrogens is 335 g/mol. The highest BCUT2D eigenvalue weighted by atomic mass is 19.1. The van der Waals surface area contributed by atoms with E-state index in [2.05, 4.69) is 20.3 Å². The summed E-state index contributed by atoms with van der Waals surface area (Å²) in [4.78, 5) is 19.8. The summed E-state index contributed by atoms with van der Waals surface area (Å²) < 4.78 is 17.1. The molecule has 0 aliphatic heterocycles. The average molecular weight is 350 g/mol. The van der Waals surface area contributed by atoms with Crippen molar-refractivity contribution in [2.75, 3.05) is 0 Å². The maximum Gasteiger partial charge on any atom is 0.238 e. The van der Waals surface area contributed by atoms with Gasteiger partial charge in [-0.1, -0.05) is 12.1 Å². The third-order valence-corrected chi connectivity index (χ3v) is 4.19. The molecule has 0 aliphatic carbocycles. The molecule has 7 nitrogen and oxygen atoms in total. The lowest BCUT2D eigenvalue weighted by Gasteiger charge is -2.04. The van der Waals surface area contributed by atoms with Crippen LogP contribution in [0.25, 0.3) is 22.6 Å². The monoisotopic (exact) mass is 350 g/mol. The average Bonchev–Trinajstić information content (AvgIpc) is 3.24. The first-order valence-corrected chi connectivity index (χ1v) is 8.14. The molecule has 0 saturated carbocycles. The zero-order valence-corrected chi connectivity index (χ0v) is 14.2. The van der Waals surface area contributed by atoms with E-state index in [1.54, 1.807) is 29.7 Å². The molecule has 0 spiro atoms. The number of ketones is 1. The largest absolute Gasteiger partial charge is 0.306 e. The Morgan fingerprint density at radius 3 is 2.85 bits per heavy atom. The highest BCUT2D eigenvalue weighted by Gasteiger charge is 2.16. The van der Waals surface area contributed by atoms with Crippen molar-refractivity contribution in [3.8, 4) is 16.9 Å². The van der Waals surface area contributed by atoms with E-state index in [1.165, 1.54) is 10.9 Å². The molecule has 0 aromatic carbocycles. The van der Waals surface area contributed by atoms with Gasteiger partial charge in [-0.05, 0) is 31.2 Å². The molecule has 0 unspecified atom stereocenters. The van der Waals surface area contributed by atoms with Crippen LogP contribution >= 0.6 is 0 Å². The fraction of sp³-hybridized carbons (Fsp3) is 0.167. The number of imidazole rings is 1. The van der Waals surface area contributed by atoms with Gasteiger partial charge in [0.2, 0.25) is 5.95 Å². The maximum atomic E-state index is 13.9. The number of carbonyl (C=O) groups excluding carboxylic acids is 1. The molecule has 0 radical (unpaired) electrons. The summed E-state index contributed by atoms with van der Waals surface area (Å²) in [5.74, 6) is -0.621. The number of hydrogen-bond acceptors (Lipinski definition) is 5. The van der Waals surface area contributed by atoms with Crippen molar-refractivity contribution in [1.82, 2.24) is 29.4 Å². The number of pyridine rings is 2. The van der Waals surface area contributed by atoms with Gasteiger partial charge in [-0.25, -0.2) is 14.6 Å². The Balaban J connectivity index is 1.79. The molecule has 0 saturated heterocycles. The third-order valence-electron chi connectivity index (χ3n) is 4.19. The minimum atomic E-state index is -0.611. The third kappa shape index (κ3) is 2.55. The van der Waals surface area contributed by atoms with Crippen LogP contribution in [-0.2, 0) is 0 Å². The molecule has 130 valence electrons. The molecule has 4 aromatic rings. The first kappa shape index (κ1) is 16.1. The minimum Gasteiger partial charge on any atom is -0.306 e.